The van der Waals surface area contributed by atoms with Gasteiger partial charge in [-0.2, -0.15) is 0 Å². The second-order valence-electron chi connectivity index (χ2n) is 5.38. The molecule has 6 nitrogen and oxygen atoms in total. The molecule has 0 aliphatic carbocycles. The third-order valence-electron chi connectivity index (χ3n) is 4.19. The van der Waals surface area contributed by atoms with Crippen LogP contribution in [-0.4, -0.2) is 32.1 Å². The van der Waals surface area contributed by atoms with Gasteiger partial charge in [-0.1, -0.05) is 6.07 Å². The van der Waals surface area contributed by atoms with Gasteiger partial charge in [-0.05, 0) is 18.2 Å². The molecule has 1 aliphatic rings. The Morgan fingerprint density at radius 3 is 2.54 bits per heavy atom. The number of ether oxygens (including phenoxy) is 4. The van der Waals surface area contributed by atoms with Gasteiger partial charge in [0.25, 0.3) is 0 Å². The summed E-state index contributed by atoms with van der Waals surface area (Å²) in [7, 11) is 3.15. The number of benzene rings is 3. The molecule has 1 heterocycles. The first-order chi connectivity index (χ1) is 11.6. The highest BCUT2D eigenvalue weighted by Gasteiger charge is 2.24. The van der Waals surface area contributed by atoms with Crippen molar-refractivity contribution in [3.05, 3.63) is 35.9 Å². The van der Waals surface area contributed by atoms with E-state index < -0.39 is 5.97 Å². The average molecular weight is 326 g/mol. The summed E-state index contributed by atoms with van der Waals surface area (Å²) in [4.78, 5) is 11.7. The summed E-state index contributed by atoms with van der Waals surface area (Å²) in [5.74, 6) is 1.19. The summed E-state index contributed by atoms with van der Waals surface area (Å²) in [5, 5.41) is 12.4. The molecule has 122 valence electrons. The molecule has 3 aromatic rings. The SMILES string of the molecule is COc1cc(OC)c2ccc3c(C(=O)O)cc4c(c3c2c1)OCO4. The fraction of sp³-hybridized carbons (Fsp3) is 0.167. The Morgan fingerprint density at radius 2 is 1.83 bits per heavy atom. The molecule has 0 aromatic heterocycles. The Bertz CT molecular complexity index is 992. The molecular weight excluding hydrogens is 312 g/mol. The lowest BCUT2D eigenvalue weighted by Gasteiger charge is -2.13. The largest absolute Gasteiger partial charge is 0.497 e. The van der Waals surface area contributed by atoms with E-state index in [2.05, 4.69) is 0 Å². The van der Waals surface area contributed by atoms with Crippen molar-refractivity contribution in [1.29, 1.82) is 0 Å². The van der Waals surface area contributed by atoms with Crippen LogP contribution in [0.15, 0.2) is 30.3 Å². The highest BCUT2D eigenvalue weighted by molar-refractivity contribution is 6.18. The van der Waals surface area contributed by atoms with Crippen LogP contribution in [0, 0.1) is 0 Å². The molecule has 0 atom stereocenters. The second-order valence-corrected chi connectivity index (χ2v) is 5.38. The lowest BCUT2D eigenvalue weighted by molar-refractivity contribution is 0.0698. The Morgan fingerprint density at radius 1 is 1.04 bits per heavy atom. The fourth-order valence-electron chi connectivity index (χ4n) is 3.11. The normalized spacial score (nSPS) is 12.6. The van der Waals surface area contributed by atoms with Crippen molar-refractivity contribution in [1.82, 2.24) is 0 Å². The standard InChI is InChI=1S/C18H14O6/c1-21-9-5-12-10(14(6-9)22-2)3-4-11-13(18(19)20)7-15-17(16(11)12)24-8-23-15/h3-7H,8H2,1-2H3,(H,19,20). The molecule has 4 rings (SSSR count). The first-order valence-electron chi connectivity index (χ1n) is 7.28. The van der Waals surface area contributed by atoms with Crippen LogP contribution >= 0.6 is 0 Å². The van der Waals surface area contributed by atoms with Crippen molar-refractivity contribution in [2.75, 3.05) is 21.0 Å². The minimum absolute atomic E-state index is 0.0605. The molecular formula is C18H14O6. The van der Waals surface area contributed by atoms with Crippen LogP contribution in [0.3, 0.4) is 0 Å². The maximum absolute atomic E-state index is 11.7. The average Bonchev–Trinajstić information content (AvgIpc) is 3.07. The lowest BCUT2D eigenvalue weighted by atomic mass is 9.96. The maximum Gasteiger partial charge on any atom is 0.336 e. The van der Waals surface area contributed by atoms with E-state index in [0.717, 1.165) is 10.8 Å². The second kappa shape index (κ2) is 5.19. The minimum atomic E-state index is -1.02. The molecule has 6 heteroatoms. The van der Waals surface area contributed by atoms with Gasteiger partial charge in [0.05, 0.1) is 19.8 Å². The molecule has 0 unspecified atom stereocenters. The van der Waals surface area contributed by atoms with Gasteiger partial charge in [-0.15, -0.1) is 0 Å². The third kappa shape index (κ3) is 1.93. The van der Waals surface area contributed by atoms with Crippen LogP contribution in [-0.2, 0) is 0 Å². The third-order valence-corrected chi connectivity index (χ3v) is 4.19. The lowest BCUT2D eigenvalue weighted by Crippen LogP contribution is -1.98. The zero-order valence-electron chi connectivity index (χ0n) is 13.1. The predicted molar refractivity (Wildman–Crippen MR) is 87.6 cm³/mol. The molecule has 24 heavy (non-hydrogen) atoms. The van der Waals surface area contributed by atoms with E-state index >= 15 is 0 Å². The smallest absolute Gasteiger partial charge is 0.336 e. The van der Waals surface area contributed by atoms with Crippen molar-refractivity contribution >= 4 is 27.5 Å². The summed E-state index contributed by atoms with van der Waals surface area (Å²) >= 11 is 0. The van der Waals surface area contributed by atoms with Crippen LogP contribution < -0.4 is 18.9 Å². The highest BCUT2D eigenvalue weighted by Crippen LogP contribution is 2.46. The highest BCUT2D eigenvalue weighted by atomic mass is 16.7. The van der Waals surface area contributed by atoms with Crippen molar-refractivity contribution in [3.8, 4) is 23.0 Å². The zero-order valence-corrected chi connectivity index (χ0v) is 13.1. The van der Waals surface area contributed by atoms with E-state index in [1.807, 2.05) is 12.1 Å². The molecule has 1 aliphatic heterocycles. The van der Waals surface area contributed by atoms with E-state index in [1.165, 1.54) is 6.07 Å². The Balaban J connectivity index is 2.23. The van der Waals surface area contributed by atoms with Gasteiger partial charge < -0.3 is 24.1 Å². The van der Waals surface area contributed by atoms with Gasteiger partial charge in [-0.25, -0.2) is 4.79 Å². The van der Waals surface area contributed by atoms with E-state index in [-0.39, 0.29) is 12.4 Å². The first-order valence-corrected chi connectivity index (χ1v) is 7.28. The van der Waals surface area contributed by atoms with Crippen molar-refractivity contribution in [2.45, 2.75) is 0 Å². The predicted octanol–water partition coefficient (Wildman–Crippen LogP) is 3.44. The van der Waals surface area contributed by atoms with Crippen molar-refractivity contribution < 1.29 is 28.8 Å². The van der Waals surface area contributed by atoms with Gasteiger partial charge in [0.1, 0.15) is 11.5 Å². The number of hydrogen-bond donors (Lipinski definition) is 1. The van der Waals surface area contributed by atoms with Gasteiger partial charge in [0, 0.05) is 27.6 Å². The zero-order chi connectivity index (χ0) is 16.8. The molecule has 3 aromatic carbocycles. The fourth-order valence-corrected chi connectivity index (χ4v) is 3.11. The number of carbonyl (C=O) groups is 1. The van der Waals surface area contributed by atoms with Crippen molar-refractivity contribution in [3.63, 3.8) is 0 Å². The van der Waals surface area contributed by atoms with E-state index in [1.54, 1.807) is 26.4 Å². The van der Waals surface area contributed by atoms with Gasteiger partial charge in [0.2, 0.25) is 6.79 Å². The van der Waals surface area contributed by atoms with E-state index in [0.29, 0.717) is 33.8 Å². The van der Waals surface area contributed by atoms with Gasteiger partial charge >= 0.3 is 5.97 Å². The molecule has 0 fully saturated rings. The van der Waals surface area contributed by atoms with E-state index in [4.69, 9.17) is 18.9 Å². The van der Waals surface area contributed by atoms with Crippen LogP contribution in [0.2, 0.25) is 0 Å². The van der Waals surface area contributed by atoms with Crippen LogP contribution in [0.1, 0.15) is 10.4 Å². The summed E-state index contributed by atoms with van der Waals surface area (Å²) in [6.07, 6.45) is 0. The quantitative estimate of drug-likeness (QED) is 0.743. The van der Waals surface area contributed by atoms with Gasteiger partial charge in [0.15, 0.2) is 11.5 Å². The molecule has 0 radical (unpaired) electrons. The maximum atomic E-state index is 11.7. The van der Waals surface area contributed by atoms with E-state index in [9.17, 15) is 9.90 Å². The first kappa shape index (κ1) is 14.4. The summed E-state index contributed by atoms with van der Waals surface area (Å²) < 4.78 is 21.8. The summed E-state index contributed by atoms with van der Waals surface area (Å²) in [5.41, 5.74) is 0.165. The number of aromatic carboxylic acids is 1. The monoisotopic (exact) mass is 326 g/mol. The molecule has 0 saturated heterocycles. The Labute approximate surface area is 137 Å². The van der Waals surface area contributed by atoms with Crippen molar-refractivity contribution in [2.24, 2.45) is 0 Å². The molecule has 0 amide bonds. The van der Waals surface area contributed by atoms with Gasteiger partial charge in [-0.3, -0.25) is 0 Å². The molecule has 1 N–H and O–H groups in total. The minimum Gasteiger partial charge on any atom is -0.497 e. The summed E-state index contributed by atoms with van der Waals surface area (Å²) in [6.45, 7) is 0.0605. The Kier molecular flexibility index (Phi) is 3.13. The van der Waals surface area contributed by atoms with Crippen LogP contribution in [0.25, 0.3) is 21.5 Å². The molecule has 0 saturated carbocycles. The number of methoxy groups -OCH3 is 2. The van der Waals surface area contributed by atoms with Crippen LogP contribution in [0.5, 0.6) is 23.0 Å². The topological polar surface area (TPSA) is 74.2 Å². The number of carboxylic acid groups (broad SMARTS) is 1. The molecule has 0 spiro atoms. The number of rotatable bonds is 3. The number of fused-ring (bicyclic) bond motifs is 5. The van der Waals surface area contributed by atoms with Crippen LogP contribution in [0.4, 0.5) is 0 Å². The number of hydrogen-bond acceptors (Lipinski definition) is 5. The summed E-state index contributed by atoms with van der Waals surface area (Å²) in [6, 6.07) is 8.72. The number of carboxylic acids is 1. The Hall–Kier alpha value is -3.15. The molecule has 0 bridgehead atoms.